The van der Waals surface area contributed by atoms with E-state index in [2.05, 4.69) is 46.7 Å². The largest absolute Gasteiger partial charge is 0.351 e. The number of anilines is 2. The fourth-order valence-electron chi connectivity index (χ4n) is 4.86. The van der Waals surface area contributed by atoms with Gasteiger partial charge in [-0.2, -0.15) is 0 Å². The number of fused-ring (bicyclic) bond motifs is 1. The number of likely N-dealkylation sites (tertiary alicyclic amines) is 1. The van der Waals surface area contributed by atoms with E-state index in [1.165, 1.54) is 0 Å². The minimum absolute atomic E-state index is 0.0453. The van der Waals surface area contributed by atoms with Crippen LogP contribution < -0.4 is 16.0 Å². The van der Waals surface area contributed by atoms with Crippen LogP contribution in [0.3, 0.4) is 0 Å². The van der Waals surface area contributed by atoms with Crippen LogP contribution in [0.5, 0.6) is 0 Å². The molecule has 0 bridgehead atoms. The van der Waals surface area contributed by atoms with Crippen molar-refractivity contribution in [1.82, 2.24) is 25.5 Å². The lowest BCUT2D eigenvalue weighted by Crippen LogP contribution is -2.43. The average Bonchev–Trinajstić information content (AvgIpc) is 2.88. The lowest BCUT2D eigenvalue weighted by Gasteiger charge is -2.32. The van der Waals surface area contributed by atoms with E-state index in [9.17, 15) is 9.59 Å². The van der Waals surface area contributed by atoms with Crippen molar-refractivity contribution in [2.45, 2.75) is 38.1 Å². The summed E-state index contributed by atoms with van der Waals surface area (Å²) in [4.78, 5) is 36.8. The smallest absolute Gasteiger partial charge is 0.253 e. The molecule has 2 aromatic carbocycles. The number of aromatic nitrogens is 2. The zero-order valence-corrected chi connectivity index (χ0v) is 21.0. The maximum absolute atomic E-state index is 13.1. The normalized spacial score (nSPS) is 17.7. The Balaban J connectivity index is 1.37. The number of benzene rings is 2. The SMILES string of the molecule is CN1CCC(NC(=O)c2ccccc2Nc2nccc(-c3ccc4c(c3)C(C)(C)CNC4=O)n2)CC1. The van der Waals surface area contributed by atoms with Gasteiger partial charge >= 0.3 is 0 Å². The van der Waals surface area contributed by atoms with Gasteiger partial charge in [-0.25, -0.2) is 9.97 Å². The van der Waals surface area contributed by atoms with Crippen molar-refractivity contribution in [1.29, 1.82) is 0 Å². The number of carbonyl (C=O) groups excluding carboxylic acids is 2. The fraction of sp³-hybridized carbons (Fsp3) is 0.357. The molecule has 0 aliphatic carbocycles. The molecular formula is C28H32N6O2. The molecule has 1 fully saturated rings. The summed E-state index contributed by atoms with van der Waals surface area (Å²) in [6.07, 6.45) is 3.59. The summed E-state index contributed by atoms with van der Waals surface area (Å²) in [7, 11) is 2.10. The molecule has 1 saturated heterocycles. The molecule has 0 radical (unpaired) electrons. The summed E-state index contributed by atoms with van der Waals surface area (Å²) in [6.45, 7) is 6.80. The van der Waals surface area contributed by atoms with Gasteiger partial charge in [0.15, 0.2) is 0 Å². The van der Waals surface area contributed by atoms with Gasteiger partial charge in [0.25, 0.3) is 11.8 Å². The first-order chi connectivity index (χ1) is 17.3. The van der Waals surface area contributed by atoms with E-state index >= 15 is 0 Å². The molecule has 2 aliphatic rings. The molecule has 0 saturated carbocycles. The van der Waals surface area contributed by atoms with Crippen LogP contribution in [0.4, 0.5) is 11.6 Å². The Kier molecular flexibility index (Phi) is 6.45. The molecule has 5 rings (SSSR count). The van der Waals surface area contributed by atoms with Gasteiger partial charge in [0.05, 0.1) is 16.9 Å². The van der Waals surface area contributed by atoms with Crippen molar-refractivity contribution in [3.8, 4) is 11.3 Å². The van der Waals surface area contributed by atoms with Gasteiger partial charge in [-0.1, -0.05) is 32.0 Å². The maximum Gasteiger partial charge on any atom is 0.253 e. The quantitative estimate of drug-likeness (QED) is 0.510. The van der Waals surface area contributed by atoms with Crippen LogP contribution in [-0.4, -0.2) is 59.4 Å². The highest BCUT2D eigenvalue weighted by atomic mass is 16.2. The molecule has 3 heterocycles. The molecule has 8 heteroatoms. The molecule has 3 aromatic rings. The lowest BCUT2D eigenvalue weighted by molar-refractivity contribution is 0.0913. The highest BCUT2D eigenvalue weighted by Crippen LogP contribution is 2.33. The first kappa shape index (κ1) is 23.9. The molecule has 1 aromatic heterocycles. The van der Waals surface area contributed by atoms with Crippen molar-refractivity contribution in [3.63, 3.8) is 0 Å². The van der Waals surface area contributed by atoms with Gasteiger partial charge < -0.3 is 20.9 Å². The monoisotopic (exact) mass is 484 g/mol. The second-order valence-electron chi connectivity index (χ2n) is 10.3. The number of nitrogens with one attached hydrogen (secondary N) is 3. The molecule has 0 atom stereocenters. The maximum atomic E-state index is 13.1. The number of nitrogens with zero attached hydrogens (tertiary/aromatic N) is 3. The van der Waals surface area contributed by atoms with Gasteiger partial charge in [-0.3, -0.25) is 9.59 Å². The number of amides is 2. The molecule has 186 valence electrons. The van der Waals surface area contributed by atoms with E-state index in [0.29, 0.717) is 29.3 Å². The topological polar surface area (TPSA) is 99.3 Å². The van der Waals surface area contributed by atoms with Gasteiger partial charge in [0, 0.05) is 35.3 Å². The second kappa shape index (κ2) is 9.70. The summed E-state index contributed by atoms with van der Waals surface area (Å²) in [5.74, 6) is 0.261. The molecule has 0 unspecified atom stereocenters. The Morgan fingerprint density at radius 3 is 2.69 bits per heavy atom. The Hall–Kier alpha value is -3.78. The van der Waals surface area contributed by atoms with Crippen LogP contribution in [0.2, 0.25) is 0 Å². The van der Waals surface area contributed by atoms with E-state index in [1.807, 2.05) is 48.5 Å². The molecular weight excluding hydrogens is 452 g/mol. The van der Waals surface area contributed by atoms with Crippen LogP contribution in [-0.2, 0) is 5.41 Å². The van der Waals surface area contributed by atoms with Crippen molar-refractivity contribution in [2.75, 3.05) is 32.0 Å². The number of hydrogen-bond acceptors (Lipinski definition) is 6. The third-order valence-electron chi connectivity index (χ3n) is 7.11. The predicted molar refractivity (Wildman–Crippen MR) is 141 cm³/mol. The van der Waals surface area contributed by atoms with Crippen molar-refractivity contribution in [2.24, 2.45) is 0 Å². The van der Waals surface area contributed by atoms with Crippen LogP contribution in [0, 0.1) is 0 Å². The standard InChI is InChI=1S/C28H32N6O2/c1-28(2)17-30-25(35)20-9-8-18(16-22(20)28)23-10-13-29-27(32-23)33-24-7-5-4-6-21(24)26(36)31-19-11-14-34(3)15-12-19/h4-10,13,16,19H,11-12,14-15,17H2,1-3H3,(H,30,35)(H,31,36)(H,29,32,33). The fourth-order valence-corrected chi connectivity index (χ4v) is 4.86. The summed E-state index contributed by atoms with van der Waals surface area (Å²) >= 11 is 0. The zero-order valence-electron chi connectivity index (χ0n) is 21.0. The van der Waals surface area contributed by atoms with Crippen molar-refractivity contribution >= 4 is 23.5 Å². The highest BCUT2D eigenvalue weighted by molar-refractivity contribution is 6.00. The Labute approximate surface area is 211 Å². The summed E-state index contributed by atoms with van der Waals surface area (Å²) in [6, 6.07) is 15.3. The van der Waals surface area contributed by atoms with Crippen LogP contribution in [0.15, 0.2) is 54.7 Å². The minimum Gasteiger partial charge on any atom is -0.351 e. The predicted octanol–water partition coefficient (Wildman–Crippen LogP) is 3.73. The average molecular weight is 485 g/mol. The van der Waals surface area contributed by atoms with Gasteiger partial charge in [-0.15, -0.1) is 0 Å². The zero-order chi connectivity index (χ0) is 25.3. The Morgan fingerprint density at radius 2 is 1.89 bits per heavy atom. The van der Waals surface area contributed by atoms with Gasteiger partial charge in [0.2, 0.25) is 5.95 Å². The van der Waals surface area contributed by atoms with E-state index in [4.69, 9.17) is 4.98 Å². The van der Waals surface area contributed by atoms with Crippen molar-refractivity contribution in [3.05, 3.63) is 71.4 Å². The summed E-state index contributed by atoms with van der Waals surface area (Å²) < 4.78 is 0. The first-order valence-electron chi connectivity index (χ1n) is 12.4. The summed E-state index contributed by atoms with van der Waals surface area (Å²) in [5.41, 5.74) is 4.41. The minimum atomic E-state index is -0.173. The molecule has 2 amide bonds. The van der Waals surface area contributed by atoms with Crippen LogP contribution in [0.25, 0.3) is 11.3 Å². The lowest BCUT2D eigenvalue weighted by atomic mass is 9.78. The van der Waals surface area contributed by atoms with Crippen LogP contribution in [0.1, 0.15) is 53.0 Å². The van der Waals surface area contributed by atoms with Gasteiger partial charge in [-0.05, 0) is 68.9 Å². The molecule has 8 nitrogen and oxygen atoms in total. The molecule has 0 spiro atoms. The Morgan fingerprint density at radius 1 is 1.11 bits per heavy atom. The number of para-hydroxylation sites is 1. The number of piperidine rings is 1. The van der Waals surface area contributed by atoms with E-state index < -0.39 is 0 Å². The second-order valence-corrected chi connectivity index (χ2v) is 10.3. The number of hydrogen-bond donors (Lipinski definition) is 3. The van der Waals surface area contributed by atoms with E-state index in [-0.39, 0.29) is 23.3 Å². The highest BCUT2D eigenvalue weighted by Gasteiger charge is 2.31. The first-order valence-corrected chi connectivity index (χ1v) is 12.4. The molecule has 2 aliphatic heterocycles. The third-order valence-corrected chi connectivity index (χ3v) is 7.11. The van der Waals surface area contributed by atoms with Crippen LogP contribution >= 0.6 is 0 Å². The summed E-state index contributed by atoms with van der Waals surface area (Å²) in [5, 5.41) is 9.38. The van der Waals surface area contributed by atoms with Crippen molar-refractivity contribution < 1.29 is 9.59 Å². The number of rotatable bonds is 5. The molecule has 3 N–H and O–H groups in total. The van der Waals surface area contributed by atoms with E-state index in [1.54, 1.807) is 6.20 Å². The Bertz CT molecular complexity index is 1300. The van der Waals surface area contributed by atoms with Gasteiger partial charge in [0.1, 0.15) is 0 Å². The number of carbonyl (C=O) groups is 2. The third kappa shape index (κ3) is 4.95. The molecule has 36 heavy (non-hydrogen) atoms. The van der Waals surface area contributed by atoms with E-state index in [0.717, 1.165) is 42.8 Å².